The number of nitrogens with two attached hydrogens (primary N) is 1. The summed E-state index contributed by atoms with van der Waals surface area (Å²) in [5.74, 6) is -1.66. The van der Waals surface area contributed by atoms with Crippen LogP contribution < -0.4 is 16.6 Å². The molecule has 0 atom stereocenters. The second-order valence-corrected chi connectivity index (χ2v) is 5.46. The SMILES string of the molecule is Cc1cccc(NC(=O)Cn2cc([N+](=O)[O-])cc(C(N)=O)c2=O)c1C. The van der Waals surface area contributed by atoms with Crippen molar-refractivity contribution in [3.63, 3.8) is 0 Å². The lowest BCUT2D eigenvalue weighted by Gasteiger charge is -2.11. The lowest BCUT2D eigenvalue weighted by atomic mass is 10.1. The van der Waals surface area contributed by atoms with Gasteiger partial charge in [-0.3, -0.25) is 29.1 Å². The third-order valence-corrected chi connectivity index (χ3v) is 3.74. The van der Waals surface area contributed by atoms with Crippen molar-refractivity contribution in [2.45, 2.75) is 20.4 Å². The molecule has 1 aromatic heterocycles. The van der Waals surface area contributed by atoms with Gasteiger partial charge >= 0.3 is 0 Å². The molecule has 0 unspecified atom stereocenters. The molecular weight excluding hydrogens is 328 g/mol. The van der Waals surface area contributed by atoms with Crippen LogP contribution in [0, 0.1) is 24.0 Å². The van der Waals surface area contributed by atoms with Gasteiger partial charge in [-0.25, -0.2) is 0 Å². The molecule has 0 aliphatic heterocycles. The third-order valence-electron chi connectivity index (χ3n) is 3.74. The van der Waals surface area contributed by atoms with Gasteiger partial charge in [0.2, 0.25) is 5.91 Å². The van der Waals surface area contributed by atoms with E-state index in [0.717, 1.165) is 28.0 Å². The summed E-state index contributed by atoms with van der Waals surface area (Å²) in [5.41, 5.74) is 5.55. The van der Waals surface area contributed by atoms with Crippen LogP contribution in [0.5, 0.6) is 0 Å². The lowest BCUT2D eigenvalue weighted by molar-refractivity contribution is -0.385. The van der Waals surface area contributed by atoms with Gasteiger partial charge in [-0.2, -0.15) is 0 Å². The Hall–Kier alpha value is -3.49. The molecule has 0 aliphatic carbocycles. The molecule has 0 saturated heterocycles. The predicted octanol–water partition coefficient (Wildman–Crippen LogP) is 1.11. The quantitative estimate of drug-likeness (QED) is 0.618. The number of primary amides is 1. The second-order valence-electron chi connectivity index (χ2n) is 5.46. The molecule has 0 fully saturated rings. The number of benzene rings is 1. The van der Waals surface area contributed by atoms with Gasteiger partial charge in [0.05, 0.1) is 11.1 Å². The van der Waals surface area contributed by atoms with Crippen molar-refractivity contribution in [1.29, 1.82) is 0 Å². The molecule has 0 radical (unpaired) electrons. The summed E-state index contributed by atoms with van der Waals surface area (Å²) in [4.78, 5) is 45.8. The molecule has 2 amide bonds. The predicted molar refractivity (Wildman–Crippen MR) is 90.4 cm³/mol. The number of aryl methyl sites for hydroxylation is 1. The maximum atomic E-state index is 12.2. The molecule has 2 rings (SSSR count). The van der Waals surface area contributed by atoms with Crippen molar-refractivity contribution in [3.8, 4) is 0 Å². The first kappa shape index (κ1) is 17.9. The van der Waals surface area contributed by atoms with Crippen LogP contribution in [-0.2, 0) is 11.3 Å². The van der Waals surface area contributed by atoms with Gasteiger partial charge in [-0.05, 0) is 31.0 Å². The van der Waals surface area contributed by atoms with Gasteiger partial charge in [0.25, 0.3) is 17.2 Å². The van der Waals surface area contributed by atoms with E-state index in [1.807, 2.05) is 19.9 Å². The van der Waals surface area contributed by atoms with Crippen LogP contribution >= 0.6 is 0 Å². The fourth-order valence-corrected chi connectivity index (χ4v) is 2.24. The largest absolute Gasteiger partial charge is 0.365 e. The Morgan fingerprint density at radius 3 is 2.60 bits per heavy atom. The van der Waals surface area contributed by atoms with Gasteiger partial charge in [-0.1, -0.05) is 12.1 Å². The van der Waals surface area contributed by atoms with Crippen LogP contribution in [-0.4, -0.2) is 21.3 Å². The molecule has 1 heterocycles. The molecule has 9 heteroatoms. The third kappa shape index (κ3) is 3.89. The summed E-state index contributed by atoms with van der Waals surface area (Å²) in [6.07, 6.45) is 0.900. The normalized spacial score (nSPS) is 10.3. The number of anilines is 1. The van der Waals surface area contributed by atoms with Crippen molar-refractivity contribution in [2.75, 3.05) is 5.32 Å². The molecule has 1 aromatic carbocycles. The molecule has 0 spiro atoms. The Labute approximate surface area is 142 Å². The fraction of sp³-hybridized carbons (Fsp3) is 0.188. The molecule has 3 N–H and O–H groups in total. The number of rotatable bonds is 5. The first-order valence-electron chi connectivity index (χ1n) is 7.25. The number of nitrogens with one attached hydrogen (secondary N) is 1. The van der Waals surface area contributed by atoms with Crippen LogP contribution in [0.4, 0.5) is 11.4 Å². The van der Waals surface area contributed by atoms with Gasteiger partial charge < -0.3 is 11.1 Å². The molecule has 0 aliphatic rings. The van der Waals surface area contributed by atoms with Crippen LogP contribution in [0.25, 0.3) is 0 Å². The van der Waals surface area contributed by atoms with E-state index in [9.17, 15) is 24.5 Å². The highest BCUT2D eigenvalue weighted by Gasteiger charge is 2.19. The number of nitro groups is 1. The van der Waals surface area contributed by atoms with Crippen LogP contribution in [0.15, 0.2) is 35.3 Å². The van der Waals surface area contributed by atoms with E-state index in [-0.39, 0.29) is 0 Å². The minimum absolute atomic E-state index is 0.492. The maximum Gasteiger partial charge on any atom is 0.286 e. The number of nitrogens with zero attached hydrogens (tertiary/aromatic N) is 2. The van der Waals surface area contributed by atoms with E-state index in [1.54, 1.807) is 12.1 Å². The summed E-state index contributed by atoms with van der Waals surface area (Å²) >= 11 is 0. The molecule has 25 heavy (non-hydrogen) atoms. The summed E-state index contributed by atoms with van der Waals surface area (Å²) in [6.45, 7) is 3.22. The number of hydrogen-bond donors (Lipinski definition) is 2. The summed E-state index contributed by atoms with van der Waals surface area (Å²) in [5, 5.41) is 13.6. The minimum atomic E-state index is -1.10. The Kier molecular flexibility index (Phi) is 4.97. The Morgan fingerprint density at radius 1 is 1.32 bits per heavy atom. The van der Waals surface area contributed by atoms with E-state index in [0.29, 0.717) is 5.69 Å². The summed E-state index contributed by atoms with van der Waals surface area (Å²) < 4.78 is 0.790. The molecule has 2 aromatic rings. The van der Waals surface area contributed by atoms with Crippen molar-refractivity contribution < 1.29 is 14.5 Å². The molecular formula is C16H16N4O5. The minimum Gasteiger partial charge on any atom is -0.365 e. The lowest BCUT2D eigenvalue weighted by Crippen LogP contribution is -2.33. The number of pyridine rings is 1. The van der Waals surface area contributed by atoms with Crippen LogP contribution in [0.1, 0.15) is 21.5 Å². The maximum absolute atomic E-state index is 12.2. The molecule has 0 saturated carbocycles. The zero-order chi connectivity index (χ0) is 18.7. The van der Waals surface area contributed by atoms with Gasteiger partial charge in [-0.15, -0.1) is 0 Å². The van der Waals surface area contributed by atoms with Gasteiger partial charge in [0.15, 0.2) is 0 Å². The van der Waals surface area contributed by atoms with E-state index < -0.39 is 40.1 Å². The van der Waals surface area contributed by atoms with Gasteiger partial charge in [0, 0.05) is 11.8 Å². The molecule has 130 valence electrons. The van der Waals surface area contributed by atoms with E-state index in [1.165, 1.54) is 0 Å². The first-order chi connectivity index (χ1) is 11.7. The van der Waals surface area contributed by atoms with Crippen LogP contribution in [0.2, 0.25) is 0 Å². The van der Waals surface area contributed by atoms with E-state index >= 15 is 0 Å². The number of carbonyl (C=O) groups is 2. The van der Waals surface area contributed by atoms with Crippen molar-refractivity contribution in [2.24, 2.45) is 5.73 Å². The highest BCUT2D eigenvalue weighted by Crippen LogP contribution is 2.18. The van der Waals surface area contributed by atoms with E-state index in [4.69, 9.17) is 5.73 Å². The fourth-order valence-electron chi connectivity index (χ4n) is 2.24. The zero-order valence-corrected chi connectivity index (χ0v) is 13.6. The topological polar surface area (TPSA) is 137 Å². The van der Waals surface area contributed by atoms with Crippen molar-refractivity contribution in [1.82, 2.24) is 4.57 Å². The molecule has 9 nitrogen and oxygen atoms in total. The average Bonchev–Trinajstić information content (AvgIpc) is 2.53. The zero-order valence-electron chi connectivity index (χ0n) is 13.6. The standard InChI is InChI=1S/C16H16N4O5/c1-9-4-3-5-13(10(9)2)18-14(21)8-19-7-11(20(24)25)6-12(15(17)22)16(19)23/h3-7H,8H2,1-2H3,(H2,17,22)(H,18,21). The number of carbonyl (C=O) groups excluding carboxylic acids is 2. The molecule has 0 bridgehead atoms. The highest BCUT2D eigenvalue weighted by molar-refractivity contribution is 5.94. The van der Waals surface area contributed by atoms with Crippen molar-refractivity contribution >= 4 is 23.2 Å². The van der Waals surface area contributed by atoms with Crippen LogP contribution in [0.3, 0.4) is 0 Å². The first-order valence-corrected chi connectivity index (χ1v) is 7.25. The number of aromatic nitrogens is 1. The van der Waals surface area contributed by atoms with E-state index in [2.05, 4.69) is 5.32 Å². The number of hydrogen-bond acceptors (Lipinski definition) is 5. The summed E-state index contributed by atoms with van der Waals surface area (Å²) in [7, 11) is 0. The second kappa shape index (κ2) is 6.95. The number of amides is 2. The highest BCUT2D eigenvalue weighted by atomic mass is 16.6. The monoisotopic (exact) mass is 344 g/mol. The summed E-state index contributed by atoms with van der Waals surface area (Å²) in [6, 6.07) is 6.15. The average molecular weight is 344 g/mol. The van der Waals surface area contributed by atoms with Crippen molar-refractivity contribution in [3.05, 3.63) is 67.6 Å². The Morgan fingerprint density at radius 2 is 2.00 bits per heavy atom. The van der Waals surface area contributed by atoms with Gasteiger partial charge in [0.1, 0.15) is 12.1 Å². The Balaban J connectivity index is 2.34. The Bertz CT molecular complexity index is 933. The smallest absolute Gasteiger partial charge is 0.286 e.